The Bertz CT molecular complexity index is 1100. The van der Waals surface area contributed by atoms with E-state index in [-0.39, 0.29) is 36.1 Å². The number of sulfonamides is 1. The van der Waals surface area contributed by atoms with Gasteiger partial charge in [0.1, 0.15) is 10.5 Å². The molecule has 0 spiro atoms. The quantitative estimate of drug-likeness (QED) is 0.590. The van der Waals surface area contributed by atoms with Gasteiger partial charge in [-0.2, -0.15) is 4.31 Å². The zero-order chi connectivity index (χ0) is 23.5. The van der Waals surface area contributed by atoms with Crippen LogP contribution in [-0.2, 0) is 26.1 Å². The van der Waals surface area contributed by atoms with Gasteiger partial charge >= 0.3 is 5.97 Å². The van der Waals surface area contributed by atoms with Crippen LogP contribution in [0.4, 0.5) is 0 Å². The van der Waals surface area contributed by atoms with E-state index in [1.54, 1.807) is 32.9 Å². The minimum Gasteiger partial charge on any atom is -0.462 e. The molecule has 32 heavy (non-hydrogen) atoms. The number of nitrogens with zero attached hydrogens (tertiary/aromatic N) is 1. The number of aryl methyl sites for hydroxylation is 2. The Morgan fingerprint density at radius 2 is 1.91 bits per heavy atom. The van der Waals surface area contributed by atoms with Crippen molar-refractivity contribution in [2.75, 3.05) is 19.7 Å². The van der Waals surface area contributed by atoms with Crippen molar-refractivity contribution in [2.45, 2.75) is 45.1 Å². The minimum absolute atomic E-state index is 0.0265. The molecule has 1 fully saturated rings. The molecule has 0 saturated carbocycles. The molecule has 0 aliphatic carbocycles. The van der Waals surface area contributed by atoms with E-state index in [1.165, 1.54) is 4.31 Å². The number of carbonyl (C=O) groups is 2. The highest BCUT2D eigenvalue weighted by molar-refractivity contribution is 7.89. The van der Waals surface area contributed by atoms with Crippen molar-refractivity contribution in [3.8, 4) is 0 Å². The van der Waals surface area contributed by atoms with Crippen LogP contribution < -0.4 is 5.32 Å². The van der Waals surface area contributed by atoms with Crippen LogP contribution in [0.2, 0.25) is 5.02 Å². The Kier molecular flexibility index (Phi) is 7.63. The van der Waals surface area contributed by atoms with E-state index >= 15 is 0 Å². The topological polar surface area (TPSA) is 109 Å². The van der Waals surface area contributed by atoms with E-state index in [2.05, 4.69) is 10.3 Å². The van der Waals surface area contributed by atoms with Gasteiger partial charge in [0.15, 0.2) is 0 Å². The molecule has 1 saturated heterocycles. The number of aromatic amines is 1. The second kappa shape index (κ2) is 10.1. The molecule has 0 radical (unpaired) electrons. The van der Waals surface area contributed by atoms with E-state index in [4.69, 9.17) is 16.3 Å². The van der Waals surface area contributed by atoms with E-state index in [1.807, 2.05) is 12.1 Å². The Hall–Kier alpha value is -2.36. The van der Waals surface area contributed by atoms with Crippen LogP contribution in [0.15, 0.2) is 29.2 Å². The smallest absolute Gasteiger partial charge is 0.341 e. The zero-order valence-corrected chi connectivity index (χ0v) is 20.0. The van der Waals surface area contributed by atoms with Crippen molar-refractivity contribution in [3.05, 3.63) is 51.8 Å². The van der Waals surface area contributed by atoms with Crippen LogP contribution in [0.1, 0.15) is 47.1 Å². The maximum atomic E-state index is 13.5. The van der Waals surface area contributed by atoms with E-state index in [9.17, 15) is 18.0 Å². The lowest BCUT2D eigenvalue weighted by Gasteiger charge is -2.31. The fraction of sp³-hybridized carbons (Fsp3) is 0.455. The molecule has 1 aliphatic rings. The number of nitrogens with one attached hydrogen (secondary N) is 2. The summed E-state index contributed by atoms with van der Waals surface area (Å²) in [6, 6.07) is 7.16. The Morgan fingerprint density at radius 3 is 2.56 bits per heavy atom. The molecule has 1 aliphatic heterocycles. The summed E-state index contributed by atoms with van der Waals surface area (Å²) in [6.45, 7) is 5.74. The van der Waals surface area contributed by atoms with Gasteiger partial charge < -0.3 is 15.0 Å². The normalized spacial score (nSPS) is 17.2. The molecule has 10 heteroatoms. The van der Waals surface area contributed by atoms with Gasteiger partial charge in [0, 0.05) is 36.0 Å². The summed E-state index contributed by atoms with van der Waals surface area (Å²) in [5.74, 6) is -1.35. The number of amides is 1. The van der Waals surface area contributed by atoms with Crippen LogP contribution in [-0.4, -0.2) is 49.3 Å². The summed E-state index contributed by atoms with van der Waals surface area (Å²) in [5, 5.41) is 3.49. The number of halogens is 1. The summed E-state index contributed by atoms with van der Waals surface area (Å²) < 4.78 is 33.3. The summed E-state index contributed by atoms with van der Waals surface area (Å²) in [7, 11) is -4.00. The predicted octanol–water partition coefficient (Wildman–Crippen LogP) is 3.18. The van der Waals surface area contributed by atoms with E-state index in [0.717, 1.165) is 5.56 Å². The standard InChI is InChI=1S/C22H28ClN3O5S/c1-4-31-22(28)19-14(2)25-15(3)20(19)32(29,30)26-11-5-6-17(13-26)21(27)24-12-16-7-9-18(23)10-8-16/h7-10,17,25H,4-6,11-13H2,1-3H3,(H,24,27). The number of benzene rings is 1. The van der Waals surface area contributed by atoms with Gasteiger partial charge in [-0.1, -0.05) is 23.7 Å². The molecule has 1 unspecified atom stereocenters. The summed E-state index contributed by atoms with van der Waals surface area (Å²) in [4.78, 5) is 28.1. The molecule has 174 valence electrons. The summed E-state index contributed by atoms with van der Waals surface area (Å²) in [6.07, 6.45) is 1.14. The van der Waals surface area contributed by atoms with E-state index in [0.29, 0.717) is 35.8 Å². The van der Waals surface area contributed by atoms with E-state index < -0.39 is 21.9 Å². The van der Waals surface area contributed by atoms with Gasteiger partial charge in [-0.25, -0.2) is 13.2 Å². The lowest BCUT2D eigenvalue weighted by atomic mass is 9.99. The molecule has 8 nitrogen and oxygen atoms in total. The van der Waals surface area contributed by atoms with Crippen LogP contribution in [0.5, 0.6) is 0 Å². The van der Waals surface area contributed by atoms with Crippen molar-refractivity contribution in [1.82, 2.24) is 14.6 Å². The highest BCUT2D eigenvalue weighted by Crippen LogP contribution is 2.30. The molecular weight excluding hydrogens is 454 g/mol. The average Bonchev–Trinajstić information content (AvgIpc) is 3.07. The highest BCUT2D eigenvalue weighted by atomic mass is 35.5. The van der Waals surface area contributed by atoms with Gasteiger partial charge in [0.2, 0.25) is 15.9 Å². The number of hydrogen-bond donors (Lipinski definition) is 2. The van der Waals surface area contributed by atoms with Gasteiger partial charge in [0.25, 0.3) is 0 Å². The Morgan fingerprint density at radius 1 is 1.22 bits per heavy atom. The molecule has 3 rings (SSSR count). The first kappa shape index (κ1) is 24.3. The number of H-pyrrole nitrogens is 1. The van der Waals surface area contributed by atoms with Crippen molar-refractivity contribution < 1.29 is 22.7 Å². The largest absolute Gasteiger partial charge is 0.462 e. The molecule has 2 heterocycles. The first-order chi connectivity index (χ1) is 15.1. The first-order valence-electron chi connectivity index (χ1n) is 10.5. The number of hydrogen-bond acceptors (Lipinski definition) is 5. The highest BCUT2D eigenvalue weighted by Gasteiger charge is 2.38. The second-order valence-electron chi connectivity index (χ2n) is 7.85. The number of ether oxygens (including phenoxy) is 1. The number of piperidine rings is 1. The fourth-order valence-electron chi connectivity index (χ4n) is 3.97. The van der Waals surface area contributed by atoms with Gasteiger partial charge in [-0.15, -0.1) is 0 Å². The maximum absolute atomic E-state index is 13.5. The number of carbonyl (C=O) groups excluding carboxylic acids is 2. The third-order valence-electron chi connectivity index (χ3n) is 5.53. The van der Waals surface area contributed by atoms with Crippen molar-refractivity contribution >= 4 is 33.5 Å². The second-order valence-corrected chi connectivity index (χ2v) is 10.2. The molecule has 1 amide bonds. The molecule has 1 atom stereocenters. The SMILES string of the molecule is CCOC(=O)c1c(C)[nH]c(C)c1S(=O)(=O)N1CCCC(C(=O)NCc2ccc(Cl)cc2)C1. The molecule has 1 aromatic carbocycles. The summed E-state index contributed by atoms with van der Waals surface area (Å²) in [5.41, 5.74) is 1.74. The first-order valence-corrected chi connectivity index (χ1v) is 12.4. The van der Waals surface area contributed by atoms with Crippen molar-refractivity contribution in [2.24, 2.45) is 5.92 Å². The summed E-state index contributed by atoms with van der Waals surface area (Å²) >= 11 is 5.89. The maximum Gasteiger partial charge on any atom is 0.341 e. The Labute approximate surface area is 193 Å². The monoisotopic (exact) mass is 481 g/mol. The van der Waals surface area contributed by atoms with Crippen LogP contribution >= 0.6 is 11.6 Å². The van der Waals surface area contributed by atoms with Crippen molar-refractivity contribution in [1.29, 1.82) is 0 Å². The fourth-order valence-corrected chi connectivity index (χ4v) is 6.03. The van der Waals surface area contributed by atoms with Crippen LogP contribution in [0.25, 0.3) is 0 Å². The molecule has 0 bridgehead atoms. The van der Waals surface area contributed by atoms with Gasteiger partial charge in [-0.3, -0.25) is 4.79 Å². The predicted molar refractivity (Wildman–Crippen MR) is 121 cm³/mol. The van der Waals surface area contributed by atoms with Gasteiger partial charge in [0.05, 0.1) is 12.5 Å². The number of aromatic nitrogens is 1. The van der Waals surface area contributed by atoms with Gasteiger partial charge in [-0.05, 0) is 51.3 Å². The van der Waals surface area contributed by atoms with Crippen LogP contribution in [0.3, 0.4) is 0 Å². The molecule has 2 N–H and O–H groups in total. The lowest BCUT2D eigenvalue weighted by molar-refractivity contribution is -0.126. The van der Waals surface area contributed by atoms with Crippen molar-refractivity contribution in [3.63, 3.8) is 0 Å². The number of rotatable bonds is 7. The number of esters is 1. The molecule has 1 aromatic heterocycles. The molecular formula is C22H28ClN3O5S. The lowest BCUT2D eigenvalue weighted by Crippen LogP contribution is -2.45. The third kappa shape index (κ3) is 5.16. The third-order valence-corrected chi connectivity index (χ3v) is 7.82. The zero-order valence-electron chi connectivity index (χ0n) is 18.4. The average molecular weight is 482 g/mol. The minimum atomic E-state index is -4.00. The van der Waals surface area contributed by atoms with Crippen LogP contribution in [0, 0.1) is 19.8 Å². The molecule has 2 aromatic rings. The Balaban J connectivity index is 1.76.